The molecule has 7 heteroatoms. The van der Waals surface area contributed by atoms with Gasteiger partial charge in [0.1, 0.15) is 17.5 Å². The monoisotopic (exact) mass is 351 g/mol. The Labute approximate surface area is 150 Å². The van der Waals surface area contributed by atoms with Crippen LogP contribution in [0.25, 0.3) is 6.08 Å². The summed E-state index contributed by atoms with van der Waals surface area (Å²) in [6.07, 6.45) is 2.90. The van der Waals surface area contributed by atoms with Crippen molar-refractivity contribution in [1.82, 2.24) is 0 Å². The molecule has 0 heterocycles. The normalized spacial score (nSPS) is 10.3. The first-order chi connectivity index (χ1) is 12.4. The van der Waals surface area contributed by atoms with Crippen LogP contribution in [0.1, 0.15) is 15.9 Å². The molecule has 132 valence electrons. The third kappa shape index (κ3) is 4.68. The van der Waals surface area contributed by atoms with Crippen molar-refractivity contribution >= 4 is 23.2 Å². The molecule has 0 spiro atoms. The molecule has 0 aliphatic heterocycles. The van der Waals surface area contributed by atoms with Crippen LogP contribution in [0.5, 0.6) is 5.75 Å². The average Bonchev–Trinajstić information content (AvgIpc) is 2.64. The van der Waals surface area contributed by atoms with E-state index >= 15 is 0 Å². The molecule has 2 aromatic carbocycles. The van der Waals surface area contributed by atoms with Crippen LogP contribution in [0.15, 0.2) is 48.5 Å². The number of nitro groups is 1. The lowest BCUT2D eigenvalue weighted by molar-refractivity contribution is -0.384. The van der Waals surface area contributed by atoms with Crippen LogP contribution >= 0.6 is 0 Å². The van der Waals surface area contributed by atoms with Gasteiger partial charge >= 0.3 is 0 Å². The van der Waals surface area contributed by atoms with E-state index in [0.29, 0.717) is 22.6 Å². The molecule has 0 saturated carbocycles. The molecule has 0 radical (unpaired) electrons. The highest BCUT2D eigenvalue weighted by molar-refractivity contribution is 6.06. The average molecular weight is 351 g/mol. The van der Waals surface area contributed by atoms with Gasteiger partial charge in [-0.1, -0.05) is 12.1 Å². The first kappa shape index (κ1) is 18.7. The van der Waals surface area contributed by atoms with Crippen LogP contribution in [0.4, 0.5) is 11.4 Å². The Kier molecular flexibility index (Phi) is 6.06. The van der Waals surface area contributed by atoms with Crippen LogP contribution in [0.2, 0.25) is 0 Å². The Balaban J connectivity index is 2.16. The number of carbonyl (C=O) groups is 1. The highest BCUT2D eigenvalue weighted by Gasteiger charge is 2.15. The van der Waals surface area contributed by atoms with Gasteiger partial charge in [0.05, 0.1) is 4.92 Å². The molecular formula is C19H17N3O4. The second-order valence-corrected chi connectivity index (χ2v) is 5.57. The molecule has 0 aromatic heterocycles. The Morgan fingerprint density at radius 2 is 1.96 bits per heavy atom. The Morgan fingerprint density at radius 3 is 2.54 bits per heavy atom. The molecule has 0 fully saturated rings. The van der Waals surface area contributed by atoms with Crippen LogP contribution in [0.3, 0.4) is 0 Å². The SMILES string of the molecule is CN(C)c1ccc(/C=C/C(=O)c2ccc(OCC#N)cc2)cc1[N+](=O)[O-]. The molecule has 0 atom stereocenters. The smallest absolute Gasteiger partial charge is 0.293 e. The largest absolute Gasteiger partial charge is 0.479 e. The van der Waals surface area contributed by atoms with E-state index < -0.39 is 4.92 Å². The second kappa shape index (κ2) is 8.44. The number of benzene rings is 2. The van der Waals surface area contributed by atoms with Gasteiger partial charge in [0, 0.05) is 25.7 Å². The van der Waals surface area contributed by atoms with E-state index in [1.165, 1.54) is 18.2 Å². The van der Waals surface area contributed by atoms with Crippen molar-refractivity contribution in [2.24, 2.45) is 0 Å². The van der Waals surface area contributed by atoms with Gasteiger partial charge < -0.3 is 9.64 Å². The summed E-state index contributed by atoms with van der Waals surface area (Å²) in [5, 5.41) is 19.7. The molecule has 0 aliphatic carbocycles. The van der Waals surface area contributed by atoms with Crippen molar-refractivity contribution in [2.45, 2.75) is 0 Å². The predicted octanol–water partition coefficient (Wildman–Crippen LogP) is 3.46. The fourth-order valence-electron chi connectivity index (χ4n) is 2.27. The van der Waals surface area contributed by atoms with E-state index in [4.69, 9.17) is 10.00 Å². The minimum Gasteiger partial charge on any atom is -0.479 e. The second-order valence-electron chi connectivity index (χ2n) is 5.57. The van der Waals surface area contributed by atoms with Crippen molar-refractivity contribution in [3.63, 3.8) is 0 Å². The van der Waals surface area contributed by atoms with Crippen LogP contribution in [-0.2, 0) is 0 Å². The maximum absolute atomic E-state index is 12.2. The summed E-state index contributed by atoms with van der Waals surface area (Å²) in [5.74, 6) is 0.262. The minimum absolute atomic E-state index is 0.0245. The molecule has 2 aromatic rings. The third-order valence-electron chi connectivity index (χ3n) is 3.55. The predicted molar refractivity (Wildman–Crippen MR) is 98.3 cm³/mol. The number of allylic oxidation sites excluding steroid dienone is 1. The van der Waals surface area contributed by atoms with Gasteiger partial charge in [-0.15, -0.1) is 0 Å². The number of hydrogen-bond acceptors (Lipinski definition) is 6. The lowest BCUT2D eigenvalue weighted by Gasteiger charge is -2.12. The summed E-state index contributed by atoms with van der Waals surface area (Å²) < 4.78 is 5.13. The Morgan fingerprint density at radius 1 is 1.27 bits per heavy atom. The van der Waals surface area contributed by atoms with Gasteiger partial charge in [-0.3, -0.25) is 14.9 Å². The minimum atomic E-state index is -0.450. The Hall–Kier alpha value is -3.66. The topological polar surface area (TPSA) is 96.5 Å². The fraction of sp³-hybridized carbons (Fsp3) is 0.158. The first-order valence-corrected chi connectivity index (χ1v) is 7.70. The van der Waals surface area contributed by atoms with Crippen molar-refractivity contribution in [3.05, 3.63) is 69.8 Å². The number of hydrogen-bond donors (Lipinski definition) is 0. The van der Waals surface area contributed by atoms with Gasteiger partial charge in [0.15, 0.2) is 12.4 Å². The quantitative estimate of drug-likeness (QED) is 0.328. The molecule has 0 amide bonds. The molecule has 2 rings (SSSR count). The van der Waals surface area contributed by atoms with Gasteiger partial charge in [-0.25, -0.2) is 0 Å². The van der Waals surface area contributed by atoms with Gasteiger partial charge in [-0.05, 0) is 42.0 Å². The molecule has 26 heavy (non-hydrogen) atoms. The maximum atomic E-state index is 12.2. The summed E-state index contributed by atoms with van der Waals surface area (Å²) in [6.45, 7) is -0.0606. The summed E-state index contributed by atoms with van der Waals surface area (Å²) in [7, 11) is 3.46. The number of ketones is 1. The number of ether oxygens (including phenoxy) is 1. The number of carbonyl (C=O) groups excluding carboxylic acids is 1. The van der Waals surface area contributed by atoms with Crippen molar-refractivity contribution in [3.8, 4) is 11.8 Å². The summed E-state index contributed by atoms with van der Waals surface area (Å²) in [5.41, 5.74) is 1.48. The molecule has 0 unspecified atom stereocenters. The molecule has 7 nitrogen and oxygen atoms in total. The zero-order chi connectivity index (χ0) is 19.1. The van der Waals surface area contributed by atoms with E-state index in [9.17, 15) is 14.9 Å². The molecule has 0 aliphatic rings. The standard InChI is InChI=1S/C19H17N3O4/c1-21(2)17-9-3-14(13-18(17)22(24)25)4-10-19(23)15-5-7-16(8-6-15)26-12-11-20/h3-10,13H,12H2,1-2H3/b10-4+. The maximum Gasteiger partial charge on any atom is 0.293 e. The number of nitriles is 1. The van der Waals surface area contributed by atoms with E-state index in [-0.39, 0.29) is 18.1 Å². The van der Waals surface area contributed by atoms with Crippen molar-refractivity contribution in [1.29, 1.82) is 5.26 Å². The summed E-state index contributed by atoms with van der Waals surface area (Å²) in [4.78, 5) is 24.6. The molecule has 0 bridgehead atoms. The van der Waals surface area contributed by atoms with Gasteiger partial charge in [-0.2, -0.15) is 5.26 Å². The van der Waals surface area contributed by atoms with E-state index in [0.717, 1.165) is 0 Å². The first-order valence-electron chi connectivity index (χ1n) is 7.70. The van der Waals surface area contributed by atoms with Gasteiger partial charge in [0.25, 0.3) is 5.69 Å². The lowest BCUT2D eigenvalue weighted by Crippen LogP contribution is -2.10. The highest BCUT2D eigenvalue weighted by Crippen LogP contribution is 2.28. The van der Waals surface area contributed by atoms with E-state index in [1.807, 2.05) is 6.07 Å². The van der Waals surface area contributed by atoms with Crippen LogP contribution in [0, 0.1) is 21.4 Å². The van der Waals surface area contributed by atoms with E-state index in [2.05, 4.69) is 0 Å². The number of nitro benzene ring substituents is 1. The zero-order valence-corrected chi connectivity index (χ0v) is 14.4. The fourth-order valence-corrected chi connectivity index (χ4v) is 2.27. The van der Waals surface area contributed by atoms with Crippen molar-refractivity contribution in [2.75, 3.05) is 25.6 Å². The van der Waals surface area contributed by atoms with Crippen LogP contribution < -0.4 is 9.64 Å². The highest BCUT2D eigenvalue weighted by atomic mass is 16.6. The summed E-state index contributed by atoms with van der Waals surface area (Å²) >= 11 is 0. The zero-order valence-electron chi connectivity index (χ0n) is 14.4. The summed E-state index contributed by atoms with van der Waals surface area (Å²) in [6, 6.07) is 13.0. The number of rotatable bonds is 7. The third-order valence-corrected chi connectivity index (χ3v) is 3.55. The van der Waals surface area contributed by atoms with E-state index in [1.54, 1.807) is 55.4 Å². The molecule has 0 N–H and O–H groups in total. The molecule has 0 saturated heterocycles. The molecular weight excluding hydrogens is 334 g/mol. The number of nitrogens with zero attached hydrogens (tertiary/aromatic N) is 3. The van der Waals surface area contributed by atoms with Crippen LogP contribution in [-0.4, -0.2) is 31.4 Å². The lowest BCUT2D eigenvalue weighted by atomic mass is 10.1. The number of anilines is 1. The van der Waals surface area contributed by atoms with Crippen molar-refractivity contribution < 1.29 is 14.5 Å². The van der Waals surface area contributed by atoms with Gasteiger partial charge in [0.2, 0.25) is 0 Å². The Bertz CT molecular complexity index is 881.